The number of aliphatic imine (C=N–C) groups is 1. The van der Waals surface area contributed by atoms with Crippen LogP contribution < -0.4 is 11.5 Å². The Morgan fingerprint density at radius 3 is 1.90 bits per heavy atom. The number of fused-ring (bicyclic) bond motifs is 2. The van der Waals surface area contributed by atoms with Crippen molar-refractivity contribution in [1.82, 2.24) is 4.90 Å². The smallest absolute Gasteiger partial charge is 0.104 e. The second-order valence-electron chi connectivity index (χ2n) is 12.8. The number of nitrogens with two attached hydrogens (primary N) is 2. The third-order valence-corrected chi connectivity index (χ3v) is 9.57. The average Bonchev–Trinajstić information content (AvgIpc) is 3.16. The summed E-state index contributed by atoms with van der Waals surface area (Å²) in [6.45, 7) is 0.528. The summed E-state index contributed by atoms with van der Waals surface area (Å²) in [5.41, 5.74) is 23.0. The lowest BCUT2D eigenvalue weighted by molar-refractivity contribution is 0.229. The average molecular weight is 647 g/mol. The highest BCUT2D eigenvalue weighted by Crippen LogP contribution is 2.45. The zero-order chi connectivity index (χ0) is 33.9. The first-order chi connectivity index (χ1) is 24.6. The molecule has 4 N–H and O–H groups in total. The molecule has 0 aliphatic carbocycles. The quantitative estimate of drug-likeness (QED) is 0.153. The van der Waals surface area contributed by atoms with E-state index in [1.54, 1.807) is 0 Å². The van der Waals surface area contributed by atoms with Crippen molar-refractivity contribution in [2.75, 3.05) is 0 Å². The molecule has 0 radical (unpaired) electrons. The monoisotopic (exact) mass is 646 g/mol. The molecule has 50 heavy (non-hydrogen) atoms. The molecule has 0 spiro atoms. The van der Waals surface area contributed by atoms with E-state index in [1.165, 1.54) is 21.7 Å². The van der Waals surface area contributed by atoms with E-state index in [-0.39, 0.29) is 12.2 Å². The van der Waals surface area contributed by atoms with Gasteiger partial charge in [0.25, 0.3) is 0 Å². The van der Waals surface area contributed by atoms with Crippen molar-refractivity contribution in [3.05, 3.63) is 215 Å². The van der Waals surface area contributed by atoms with Crippen LogP contribution in [0.1, 0.15) is 45.6 Å². The number of hydrogen-bond acceptors (Lipinski definition) is 4. The van der Waals surface area contributed by atoms with Gasteiger partial charge < -0.3 is 16.4 Å². The summed E-state index contributed by atoms with van der Waals surface area (Å²) in [7, 11) is 0. The number of hydrogen-bond donors (Lipinski definition) is 2. The molecule has 1 aliphatic rings. The molecule has 1 aliphatic heterocycles. The summed E-state index contributed by atoms with van der Waals surface area (Å²) in [6, 6.07) is 59.1. The molecule has 1 unspecified atom stereocenters. The Morgan fingerprint density at radius 2 is 1.20 bits per heavy atom. The summed E-state index contributed by atoms with van der Waals surface area (Å²) >= 11 is 0. The fraction of sp³-hybridized carbons (Fsp3) is 0.0652. The molecule has 8 rings (SSSR count). The van der Waals surface area contributed by atoms with Gasteiger partial charge in [-0.2, -0.15) is 0 Å². The minimum Gasteiger partial charge on any atom is -0.398 e. The van der Waals surface area contributed by atoms with Crippen molar-refractivity contribution in [3.63, 3.8) is 0 Å². The van der Waals surface area contributed by atoms with Crippen LogP contribution in [0.15, 0.2) is 187 Å². The topological polar surface area (TPSA) is 67.6 Å². The summed E-state index contributed by atoms with van der Waals surface area (Å²) in [5.74, 6) is 0. The standard InChI is InChI=1S/C46H38N4/c47-42(41-26-21-34-12-8-10-18-40(34)28-41)29-43(49-31-32-19-20-33-11-7-9-17-39(33)27-32)35-22-24-38(25-23-35)46(48)50-44(36-13-3-1-4-14-36)30-45(50)37-15-5-2-6-16-37/h1-30,44,46H,31,47-48H2/b42-29-,49-43+/t44?,46-/m0/s1. The molecule has 0 saturated carbocycles. The third-order valence-electron chi connectivity index (χ3n) is 9.57. The first kappa shape index (κ1) is 31.1. The van der Waals surface area contributed by atoms with Crippen LogP contribution in [0, 0.1) is 0 Å². The minimum absolute atomic E-state index is 0.0878. The van der Waals surface area contributed by atoms with Gasteiger partial charge in [0.15, 0.2) is 0 Å². The molecule has 4 heteroatoms. The van der Waals surface area contributed by atoms with Gasteiger partial charge in [0.1, 0.15) is 6.17 Å². The molecule has 7 aromatic rings. The largest absolute Gasteiger partial charge is 0.398 e. The first-order valence-electron chi connectivity index (χ1n) is 17.1. The van der Waals surface area contributed by atoms with E-state index in [2.05, 4.69) is 169 Å². The highest BCUT2D eigenvalue weighted by atomic mass is 15.3. The lowest BCUT2D eigenvalue weighted by atomic mass is 9.91. The van der Waals surface area contributed by atoms with E-state index in [0.29, 0.717) is 12.2 Å². The Hall–Kier alpha value is -6.23. The van der Waals surface area contributed by atoms with Gasteiger partial charge in [0, 0.05) is 11.4 Å². The maximum atomic E-state index is 7.09. The van der Waals surface area contributed by atoms with Crippen LogP contribution in [0.2, 0.25) is 0 Å². The Balaban J connectivity index is 1.12. The van der Waals surface area contributed by atoms with E-state index in [4.69, 9.17) is 16.5 Å². The molecule has 0 bridgehead atoms. The van der Waals surface area contributed by atoms with Crippen LogP contribution >= 0.6 is 0 Å². The Labute approximate surface area is 293 Å². The highest BCUT2D eigenvalue weighted by molar-refractivity contribution is 6.12. The molecular weight excluding hydrogens is 609 g/mol. The van der Waals surface area contributed by atoms with E-state index < -0.39 is 0 Å². The molecule has 7 aromatic carbocycles. The van der Waals surface area contributed by atoms with Crippen LogP contribution in [0.4, 0.5) is 0 Å². The van der Waals surface area contributed by atoms with Crippen LogP contribution in [0.5, 0.6) is 0 Å². The van der Waals surface area contributed by atoms with Crippen molar-refractivity contribution < 1.29 is 0 Å². The van der Waals surface area contributed by atoms with Gasteiger partial charge in [0.2, 0.25) is 0 Å². The fourth-order valence-corrected chi connectivity index (χ4v) is 6.81. The van der Waals surface area contributed by atoms with Gasteiger partial charge in [-0.15, -0.1) is 0 Å². The van der Waals surface area contributed by atoms with Crippen molar-refractivity contribution in [1.29, 1.82) is 0 Å². The van der Waals surface area contributed by atoms with Gasteiger partial charge >= 0.3 is 0 Å². The lowest BCUT2D eigenvalue weighted by Gasteiger charge is -2.46. The van der Waals surface area contributed by atoms with Crippen molar-refractivity contribution in [2.45, 2.75) is 18.8 Å². The zero-order valence-corrected chi connectivity index (χ0v) is 27.7. The van der Waals surface area contributed by atoms with Gasteiger partial charge in [0.05, 0.1) is 18.3 Å². The minimum atomic E-state index is -0.342. The van der Waals surface area contributed by atoms with Crippen LogP contribution in [-0.4, -0.2) is 10.6 Å². The predicted molar refractivity (Wildman–Crippen MR) is 209 cm³/mol. The SMILES string of the molecule is N/C(=C\C(=N/Cc1ccc2ccccc2c1)c1ccc([C@@H](N)N2C(c3ccccc3)=CC2c2ccccc2)cc1)c1ccc2ccccc2c1. The Bertz CT molecular complexity index is 2370. The maximum Gasteiger partial charge on any atom is 0.104 e. The number of rotatable bonds is 9. The predicted octanol–water partition coefficient (Wildman–Crippen LogP) is 10.0. The zero-order valence-electron chi connectivity index (χ0n) is 27.7. The van der Waals surface area contributed by atoms with Gasteiger partial charge in [-0.05, 0) is 79.2 Å². The van der Waals surface area contributed by atoms with Gasteiger partial charge in [-0.1, -0.05) is 158 Å². The van der Waals surface area contributed by atoms with E-state index in [0.717, 1.165) is 44.6 Å². The molecule has 1 heterocycles. The summed E-state index contributed by atoms with van der Waals surface area (Å²) in [4.78, 5) is 7.46. The van der Waals surface area contributed by atoms with Gasteiger partial charge in [-0.3, -0.25) is 4.99 Å². The van der Waals surface area contributed by atoms with E-state index >= 15 is 0 Å². The molecule has 0 saturated heterocycles. The highest BCUT2D eigenvalue weighted by Gasteiger charge is 2.35. The molecule has 242 valence electrons. The van der Waals surface area contributed by atoms with Crippen molar-refractivity contribution in [2.24, 2.45) is 16.5 Å². The third kappa shape index (κ3) is 6.33. The summed E-state index contributed by atoms with van der Waals surface area (Å²) in [6.07, 6.45) is 3.96. The van der Waals surface area contributed by atoms with Crippen LogP contribution in [0.3, 0.4) is 0 Å². The fourth-order valence-electron chi connectivity index (χ4n) is 6.81. The summed E-state index contributed by atoms with van der Waals surface area (Å²) < 4.78 is 0. The number of benzene rings is 7. The van der Waals surface area contributed by atoms with Gasteiger partial charge in [-0.25, -0.2) is 0 Å². The molecule has 2 atom stereocenters. The number of nitrogens with zero attached hydrogens (tertiary/aromatic N) is 2. The Morgan fingerprint density at radius 1 is 0.620 bits per heavy atom. The second-order valence-corrected chi connectivity index (χ2v) is 12.8. The molecule has 0 amide bonds. The van der Waals surface area contributed by atoms with E-state index in [9.17, 15) is 0 Å². The Kier molecular flexibility index (Phi) is 8.52. The lowest BCUT2D eigenvalue weighted by Crippen LogP contribution is -2.41. The molecule has 4 nitrogen and oxygen atoms in total. The first-order valence-corrected chi connectivity index (χ1v) is 17.1. The van der Waals surface area contributed by atoms with Crippen LogP contribution in [0.25, 0.3) is 32.9 Å². The maximum absolute atomic E-state index is 7.09. The summed E-state index contributed by atoms with van der Waals surface area (Å²) in [5, 5.41) is 4.76. The van der Waals surface area contributed by atoms with Crippen molar-refractivity contribution >= 4 is 38.7 Å². The molecule has 0 aromatic heterocycles. The van der Waals surface area contributed by atoms with Crippen molar-refractivity contribution in [3.8, 4) is 0 Å². The second kappa shape index (κ2) is 13.7. The van der Waals surface area contributed by atoms with Crippen LogP contribution in [-0.2, 0) is 6.54 Å². The molecule has 0 fully saturated rings. The molecular formula is C46H38N4. The van der Waals surface area contributed by atoms with E-state index in [1.807, 2.05) is 18.2 Å². The normalized spacial score (nSPS) is 15.5. The number of allylic oxidation sites excluding steroid dienone is 1.